The molecule has 0 aromatic heterocycles. The van der Waals surface area contributed by atoms with Crippen molar-refractivity contribution in [2.24, 2.45) is 5.73 Å². The third kappa shape index (κ3) is 4.17. The molecule has 0 spiro atoms. The molecule has 1 fully saturated rings. The molecule has 0 unspecified atom stereocenters. The zero-order valence-corrected chi connectivity index (χ0v) is 15.5. The van der Waals surface area contributed by atoms with E-state index in [0.29, 0.717) is 24.3 Å². The molecule has 27 heavy (non-hydrogen) atoms. The van der Waals surface area contributed by atoms with Crippen LogP contribution in [-0.4, -0.2) is 37.6 Å². The van der Waals surface area contributed by atoms with Crippen LogP contribution in [0.4, 0.5) is 5.69 Å². The number of hydrogen-bond donors (Lipinski definition) is 2. The van der Waals surface area contributed by atoms with Crippen molar-refractivity contribution in [1.82, 2.24) is 4.31 Å². The van der Waals surface area contributed by atoms with Gasteiger partial charge in [-0.2, -0.15) is 4.31 Å². The maximum atomic E-state index is 13.0. The van der Waals surface area contributed by atoms with Crippen LogP contribution in [0.5, 0.6) is 0 Å². The number of nitrogens with two attached hydrogens (primary N) is 1. The molecule has 2 aromatic rings. The molecule has 0 bridgehead atoms. The van der Waals surface area contributed by atoms with E-state index < -0.39 is 21.8 Å². The molecule has 3 rings (SSSR count). The predicted octanol–water partition coefficient (Wildman–Crippen LogP) is 2.21. The molecule has 8 heteroatoms. The molecule has 1 aliphatic rings. The lowest BCUT2D eigenvalue weighted by atomic mass is 10.1. The number of sulfonamides is 1. The molecule has 3 N–H and O–H groups in total. The number of piperidine rings is 1. The standard InChI is InChI=1S/C19H21N3O4S/c20-18(23)14-8-10-15(11-9-14)21-19(24)16-6-2-3-7-17(16)27(25,26)22-12-4-1-5-13-22/h2-3,6-11H,1,4-5,12-13H2,(H2,20,23)(H,21,24). The highest BCUT2D eigenvalue weighted by Crippen LogP contribution is 2.24. The van der Waals surface area contributed by atoms with E-state index in [0.717, 1.165) is 19.3 Å². The number of nitrogens with one attached hydrogen (secondary N) is 1. The van der Waals surface area contributed by atoms with E-state index in [1.54, 1.807) is 24.3 Å². The zero-order valence-electron chi connectivity index (χ0n) is 14.7. The van der Waals surface area contributed by atoms with Crippen LogP contribution in [0.2, 0.25) is 0 Å². The molecule has 0 radical (unpaired) electrons. The fraction of sp³-hybridized carbons (Fsp3) is 0.263. The van der Waals surface area contributed by atoms with Crippen LogP contribution in [0.25, 0.3) is 0 Å². The summed E-state index contributed by atoms with van der Waals surface area (Å²) in [4.78, 5) is 23.8. The predicted molar refractivity (Wildman–Crippen MR) is 102 cm³/mol. The molecule has 1 saturated heterocycles. The number of benzene rings is 2. The van der Waals surface area contributed by atoms with Crippen LogP contribution < -0.4 is 11.1 Å². The Balaban J connectivity index is 1.86. The van der Waals surface area contributed by atoms with Crippen LogP contribution in [0.3, 0.4) is 0 Å². The van der Waals surface area contributed by atoms with Crippen LogP contribution in [-0.2, 0) is 10.0 Å². The van der Waals surface area contributed by atoms with Gasteiger partial charge in [0.05, 0.1) is 10.5 Å². The van der Waals surface area contributed by atoms with Crippen molar-refractivity contribution >= 4 is 27.5 Å². The van der Waals surface area contributed by atoms with Crippen molar-refractivity contribution < 1.29 is 18.0 Å². The number of carbonyl (C=O) groups is 2. The SMILES string of the molecule is NC(=O)c1ccc(NC(=O)c2ccccc2S(=O)(=O)N2CCCCC2)cc1. The quantitative estimate of drug-likeness (QED) is 0.819. The number of primary amides is 1. The Kier molecular flexibility index (Phi) is 5.57. The molecule has 2 amide bonds. The first-order valence-corrected chi connectivity index (χ1v) is 10.1. The van der Waals surface area contributed by atoms with Gasteiger partial charge in [0, 0.05) is 24.3 Å². The average Bonchev–Trinajstić information content (AvgIpc) is 2.69. The Morgan fingerprint density at radius 2 is 1.56 bits per heavy atom. The minimum absolute atomic E-state index is 0.00171. The second-order valence-electron chi connectivity index (χ2n) is 6.36. The average molecular weight is 387 g/mol. The third-order valence-electron chi connectivity index (χ3n) is 4.49. The lowest BCUT2D eigenvalue weighted by Crippen LogP contribution is -2.36. The highest BCUT2D eigenvalue weighted by atomic mass is 32.2. The fourth-order valence-corrected chi connectivity index (χ4v) is 4.75. The summed E-state index contributed by atoms with van der Waals surface area (Å²) in [6.45, 7) is 0.930. The number of amides is 2. The van der Waals surface area contributed by atoms with E-state index in [-0.39, 0.29) is 10.5 Å². The molecule has 7 nitrogen and oxygen atoms in total. The van der Waals surface area contributed by atoms with Crippen molar-refractivity contribution in [1.29, 1.82) is 0 Å². The number of rotatable bonds is 5. The summed E-state index contributed by atoms with van der Waals surface area (Å²) in [5, 5.41) is 2.67. The van der Waals surface area contributed by atoms with E-state index in [4.69, 9.17) is 5.73 Å². The topological polar surface area (TPSA) is 110 Å². The van der Waals surface area contributed by atoms with Crippen LogP contribution in [0.15, 0.2) is 53.4 Å². The lowest BCUT2D eigenvalue weighted by molar-refractivity contribution is 0.0998. The Morgan fingerprint density at radius 3 is 2.19 bits per heavy atom. The van der Waals surface area contributed by atoms with Crippen LogP contribution in [0.1, 0.15) is 40.0 Å². The molecular weight excluding hydrogens is 366 g/mol. The number of hydrogen-bond acceptors (Lipinski definition) is 4. The molecule has 142 valence electrons. The molecule has 1 aliphatic heterocycles. The van der Waals surface area contributed by atoms with Gasteiger partial charge in [-0.15, -0.1) is 0 Å². The van der Waals surface area contributed by atoms with Crippen LogP contribution >= 0.6 is 0 Å². The van der Waals surface area contributed by atoms with E-state index >= 15 is 0 Å². The summed E-state index contributed by atoms with van der Waals surface area (Å²) >= 11 is 0. The van der Waals surface area contributed by atoms with Crippen molar-refractivity contribution in [3.8, 4) is 0 Å². The normalized spacial score (nSPS) is 15.3. The number of anilines is 1. The third-order valence-corrected chi connectivity index (χ3v) is 6.45. The molecule has 0 saturated carbocycles. The Labute approximate surface area is 158 Å². The Morgan fingerprint density at radius 1 is 0.926 bits per heavy atom. The highest BCUT2D eigenvalue weighted by molar-refractivity contribution is 7.89. The largest absolute Gasteiger partial charge is 0.366 e. The van der Waals surface area contributed by atoms with Gasteiger partial charge in [0.2, 0.25) is 15.9 Å². The van der Waals surface area contributed by atoms with Gasteiger partial charge in [-0.05, 0) is 49.2 Å². The first-order chi connectivity index (χ1) is 12.9. The van der Waals surface area contributed by atoms with Crippen molar-refractivity contribution in [2.75, 3.05) is 18.4 Å². The van der Waals surface area contributed by atoms with E-state index in [2.05, 4.69) is 5.32 Å². The van der Waals surface area contributed by atoms with E-state index in [9.17, 15) is 18.0 Å². The molecule has 1 heterocycles. The van der Waals surface area contributed by atoms with E-state index in [1.165, 1.54) is 28.6 Å². The second-order valence-corrected chi connectivity index (χ2v) is 8.26. The van der Waals surface area contributed by atoms with Crippen molar-refractivity contribution in [2.45, 2.75) is 24.2 Å². The van der Waals surface area contributed by atoms with Gasteiger partial charge in [0.1, 0.15) is 0 Å². The van der Waals surface area contributed by atoms with Gasteiger partial charge in [-0.25, -0.2) is 8.42 Å². The minimum Gasteiger partial charge on any atom is -0.366 e. The van der Waals surface area contributed by atoms with Gasteiger partial charge >= 0.3 is 0 Å². The summed E-state index contributed by atoms with van der Waals surface area (Å²) in [5.41, 5.74) is 6.04. The Bertz CT molecular complexity index is 949. The molecule has 2 aromatic carbocycles. The summed E-state index contributed by atoms with van der Waals surface area (Å²) in [5.74, 6) is -1.09. The molecule has 0 aliphatic carbocycles. The van der Waals surface area contributed by atoms with Gasteiger partial charge in [0.15, 0.2) is 0 Å². The maximum Gasteiger partial charge on any atom is 0.257 e. The zero-order chi connectivity index (χ0) is 19.4. The monoisotopic (exact) mass is 387 g/mol. The van der Waals surface area contributed by atoms with Crippen molar-refractivity contribution in [3.05, 3.63) is 59.7 Å². The van der Waals surface area contributed by atoms with Crippen LogP contribution in [0, 0.1) is 0 Å². The van der Waals surface area contributed by atoms with E-state index in [1.807, 2.05) is 0 Å². The fourth-order valence-electron chi connectivity index (χ4n) is 3.04. The van der Waals surface area contributed by atoms with Gasteiger partial charge < -0.3 is 11.1 Å². The first kappa shape index (κ1) is 19.1. The minimum atomic E-state index is -3.74. The van der Waals surface area contributed by atoms with Crippen molar-refractivity contribution in [3.63, 3.8) is 0 Å². The summed E-state index contributed by atoms with van der Waals surface area (Å²) in [6, 6.07) is 12.2. The number of nitrogens with zero attached hydrogens (tertiary/aromatic N) is 1. The van der Waals surface area contributed by atoms with Gasteiger partial charge in [-0.1, -0.05) is 18.6 Å². The number of carbonyl (C=O) groups excluding carboxylic acids is 2. The Hall–Kier alpha value is -2.71. The van der Waals surface area contributed by atoms with Gasteiger partial charge in [0.25, 0.3) is 5.91 Å². The smallest absolute Gasteiger partial charge is 0.257 e. The van der Waals surface area contributed by atoms with Gasteiger partial charge in [-0.3, -0.25) is 9.59 Å². The lowest BCUT2D eigenvalue weighted by Gasteiger charge is -2.26. The summed E-state index contributed by atoms with van der Waals surface area (Å²) < 4.78 is 27.4. The summed E-state index contributed by atoms with van der Waals surface area (Å²) in [7, 11) is -3.74. The second kappa shape index (κ2) is 7.89. The molecular formula is C19H21N3O4S. The highest BCUT2D eigenvalue weighted by Gasteiger charge is 2.29. The molecule has 0 atom stereocenters. The maximum absolute atomic E-state index is 13.0. The summed E-state index contributed by atoms with van der Waals surface area (Å²) in [6.07, 6.45) is 2.65. The first-order valence-electron chi connectivity index (χ1n) is 8.70.